The molecule has 0 spiro atoms. The van der Waals surface area contributed by atoms with Crippen LogP contribution in [0.25, 0.3) is 6.08 Å². The Hall–Kier alpha value is -2.88. The Morgan fingerprint density at radius 1 is 1.22 bits per heavy atom. The van der Waals surface area contributed by atoms with Gasteiger partial charge < -0.3 is 14.2 Å². The summed E-state index contributed by atoms with van der Waals surface area (Å²) in [7, 11) is 3.10. The lowest BCUT2D eigenvalue weighted by Crippen LogP contribution is -2.40. The van der Waals surface area contributed by atoms with E-state index in [2.05, 4.69) is 20.9 Å². The molecule has 2 heterocycles. The fraction of sp³-hybridized carbons (Fsp3) is 0.269. The van der Waals surface area contributed by atoms with E-state index in [1.165, 1.54) is 15.9 Å². The number of thiazole rings is 1. The summed E-state index contributed by atoms with van der Waals surface area (Å²) in [5.41, 5.74) is 1.81. The fourth-order valence-corrected chi connectivity index (χ4v) is 5.93. The molecular weight excluding hydrogens is 568 g/mol. The Morgan fingerprint density at radius 2 is 1.94 bits per heavy atom. The van der Waals surface area contributed by atoms with Gasteiger partial charge in [-0.05, 0) is 72.1 Å². The number of nitrogens with zero attached hydrogens (tertiary/aromatic N) is 2. The molecule has 10 heteroatoms. The van der Waals surface area contributed by atoms with Crippen LogP contribution in [0.4, 0.5) is 0 Å². The highest BCUT2D eigenvalue weighted by Gasteiger charge is 2.34. The topological polar surface area (TPSA) is 79.1 Å². The number of rotatable bonds is 6. The second-order valence-corrected chi connectivity index (χ2v) is 10.6. The van der Waals surface area contributed by atoms with Gasteiger partial charge in [-0.3, -0.25) is 9.36 Å². The third kappa shape index (κ3) is 4.87. The number of hydrogen-bond acceptors (Lipinski definition) is 7. The van der Waals surface area contributed by atoms with Crippen molar-refractivity contribution < 1.29 is 19.0 Å². The van der Waals surface area contributed by atoms with Crippen LogP contribution in [0.15, 0.2) is 61.9 Å². The Labute approximate surface area is 225 Å². The van der Waals surface area contributed by atoms with Gasteiger partial charge in [0.2, 0.25) is 0 Å². The zero-order valence-corrected chi connectivity index (χ0v) is 23.5. The van der Waals surface area contributed by atoms with Crippen molar-refractivity contribution in [3.05, 3.63) is 88.0 Å². The molecule has 0 aliphatic carbocycles. The van der Waals surface area contributed by atoms with Crippen LogP contribution >= 0.6 is 38.9 Å². The van der Waals surface area contributed by atoms with E-state index in [1.807, 2.05) is 12.1 Å². The highest BCUT2D eigenvalue weighted by atomic mass is 79.9. The number of allylic oxidation sites excluding steroid dienone is 1. The number of fused-ring (bicyclic) bond motifs is 1. The molecule has 1 aliphatic rings. The van der Waals surface area contributed by atoms with Crippen molar-refractivity contribution in [1.29, 1.82) is 0 Å². The average molecular weight is 592 g/mol. The minimum Gasteiger partial charge on any atom is -0.493 e. The van der Waals surface area contributed by atoms with E-state index in [1.54, 1.807) is 65.3 Å². The van der Waals surface area contributed by atoms with Crippen LogP contribution in [-0.4, -0.2) is 30.9 Å². The van der Waals surface area contributed by atoms with Gasteiger partial charge in [-0.25, -0.2) is 9.79 Å². The molecule has 0 amide bonds. The minimum absolute atomic E-state index is 0.282. The van der Waals surface area contributed by atoms with Crippen LogP contribution in [0.5, 0.6) is 11.5 Å². The second-order valence-electron chi connectivity index (χ2n) is 8.30. The van der Waals surface area contributed by atoms with Crippen molar-refractivity contribution in [2.24, 2.45) is 4.99 Å². The zero-order valence-electron chi connectivity index (χ0n) is 20.3. The number of esters is 1. The Morgan fingerprint density at radius 3 is 2.58 bits per heavy atom. The molecule has 0 saturated heterocycles. The summed E-state index contributed by atoms with van der Waals surface area (Å²) in [4.78, 5) is 32.0. The predicted octanol–water partition coefficient (Wildman–Crippen LogP) is 4.62. The molecule has 0 radical (unpaired) electrons. The monoisotopic (exact) mass is 590 g/mol. The number of hydrogen-bond donors (Lipinski definition) is 0. The molecular formula is C26H24BrClN2O5S. The van der Waals surface area contributed by atoms with E-state index >= 15 is 0 Å². The minimum atomic E-state index is -0.777. The average Bonchev–Trinajstić information content (AvgIpc) is 3.12. The number of carbonyl (C=O) groups excluding carboxylic acids is 1. The van der Waals surface area contributed by atoms with Gasteiger partial charge in [-0.15, -0.1) is 0 Å². The van der Waals surface area contributed by atoms with Crippen LogP contribution < -0.4 is 24.4 Å². The van der Waals surface area contributed by atoms with Crippen molar-refractivity contribution in [2.75, 3.05) is 14.2 Å². The quantitative estimate of drug-likeness (QED) is 0.391. The van der Waals surface area contributed by atoms with E-state index < -0.39 is 12.0 Å². The summed E-state index contributed by atoms with van der Waals surface area (Å²) in [5, 5.41) is 0.436. The predicted molar refractivity (Wildman–Crippen MR) is 144 cm³/mol. The molecule has 7 nitrogen and oxygen atoms in total. The summed E-state index contributed by atoms with van der Waals surface area (Å²) in [6.07, 6.45) is 1.42. The van der Waals surface area contributed by atoms with Crippen molar-refractivity contribution >= 4 is 50.9 Å². The molecule has 0 N–H and O–H groups in total. The lowest BCUT2D eigenvalue weighted by Gasteiger charge is -2.26. The van der Waals surface area contributed by atoms with E-state index in [0.717, 1.165) is 5.56 Å². The maximum absolute atomic E-state index is 13.8. The van der Waals surface area contributed by atoms with E-state index in [-0.39, 0.29) is 17.2 Å². The molecule has 2 aromatic carbocycles. The first-order valence-electron chi connectivity index (χ1n) is 11.1. The first kappa shape index (κ1) is 26.2. The van der Waals surface area contributed by atoms with Gasteiger partial charge in [-0.2, -0.15) is 0 Å². The van der Waals surface area contributed by atoms with Gasteiger partial charge in [0, 0.05) is 5.02 Å². The van der Waals surface area contributed by atoms with Crippen LogP contribution in [0.1, 0.15) is 37.9 Å². The highest BCUT2D eigenvalue weighted by molar-refractivity contribution is 9.10. The lowest BCUT2D eigenvalue weighted by molar-refractivity contribution is -0.143. The van der Waals surface area contributed by atoms with Crippen LogP contribution in [0.2, 0.25) is 5.02 Å². The second kappa shape index (κ2) is 10.6. The van der Waals surface area contributed by atoms with Crippen molar-refractivity contribution in [2.45, 2.75) is 32.9 Å². The summed E-state index contributed by atoms with van der Waals surface area (Å²) in [6, 6.07) is 9.99. The van der Waals surface area contributed by atoms with Gasteiger partial charge in [0.1, 0.15) is 6.04 Å². The largest absolute Gasteiger partial charge is 0.493 e. The maximum atomic E-state index is 13.8. The Bertz CT molecular complexity index is 1560. The Kier molecular flexibility index (Phi) is 7.73. The molecule has 1 atom stereocenters. The first-order valence-corrected chi connectivity index (χ1v) is 13.0. The SMILES string of the molecule is COc1cc(C=c2sc3n(c2=O)C(c2ccccc2Cl)C(C(=O)OC(C)C)=C(C)N=3)cc(Br)c1OC. The number of aromatic nitrogens is 1. The van der Waals surface area contributed by atoms with Gasteiger partial charge >= 0.3 is 5.97 Å². The van der Waals surface area contributed by atoms with Crippen LogP contribution in [0, 0.1) is 0 Å². The van der Waals surface area contributed by atoms with Gasteiger partial charge in [-0.1, -0.05) is 41.1 Å². The number of halogens is 2. The number of benzene rings is 2. The van der Waals surface area contributed by atoms with Gasteiger partial charge in [0.05, 0.1) is 40.6 Å². The zero-order chi connectivity index (χ0) is 26.1. The first-order chi connectivity index (χ1) is 17.2. The number of ether oxygens (including phenoxy) is 3. The summed E-state index contributed by atoms with van der Waals surface area (Å²) in [6.45, 7) is 5.28. The van der Waals surface area contributed by atoms with Crippen molar-refractivity contribution in [1.82, 2.24) is 4.57 Å². The fourth-order valence-electron chi connectivity index (χ4n) is 4.02. The summed E-state index contributed by atoms with van der Waals surface area (Å²) < 4.78 is 19.0. The molecule has 4 rings (SSSR count). The maximum Gasteiger partial charge on any atom is 0.338 e. The summed E-state index contributed by atoms with van der Waals surface area (Å²) in [5.74, 6) is 0.544. The molecule has 1 aliphatic heterocycles. The third-order valence-corrected chi connectivity index (χ3v) is 7.45. The number of carbonyl (C=O) groups is 1. The normalized spacial score (nSPS) is 15.6. The molecule has 0 saturated carbocycles. The highest BCUT2D eigenvalue weighted by Crippen LogP contribution is 2.37. The standard InChI is InChI=1S/C26H24BrClN2O5S/c1-13(2)35-25(32)21-14(3)29-26-30(22(21)16-8-6-7-9-18(16)28)24(31)20(36-26)12-15-10-17(27)23(34-5)19(11-15)33-4/h6-13,22H,1-5H3. The van der Waals surface area contributed by atoms with E-state index in [9.17, 15) is 9.59 Å². The molecule has 0 fully saturated rings. The molecule has 0 bridgehead atoms. The number of methoxy groups -OCH3 is 2. The van der Waals surface area contributed by atoms with Gasteiger partial charge in [0.15, 0.2) is 16.3 Å². The van der Waals surface area contributed by atoms with Crippen molar-refractivity contribution in [3.8, 4) is 11.5 Å². The van der Waals surface area contributed by atoms with Crippen LogP contribution in [0.3, 0.4) is 0 Å². The van der Waals surface area contributed by atoms with E-state index in [0.29, 0.717) is 41.6 Å². The smallest absolute Gasteiger partial charge is 0.338 e. The van der Waals surface area contributed by atoms with Crippen molar-refractivity contribution in [3.63, 3.8) is 0 Å². The molecule has 188 valence electrons. The lowest BCUT2D eigenvalue weighted by atomic mass is 9.96. The van der Waals surface area contributed by atoms with Crippen LogP contribution in [-0.2, 0) is 9.53 Å². The summed E-state index contributed by atoms with van der Waals surface area (Å²) >= 11 is 11.3. The Balaban J connectivity index is 1.96. The molecule has 1 unspecified atom stereocenters. The molecule has 3 aromatic rings. The van der Waals surface area contributed by atoms with E-state index in [4.69, 9.17) is 25.8 Å². The molecule has 36 heavy (non-hydrogen) atoms. The third-order valence-electron chi connectivity index (χ3n) is 5.54. The van der Waals surface area contributed by atoms with Gasteiger partial charge in [0.25, 0.3) is 5.56 Å². The molecule has 1 aromatic heterocycles.